The van der Waals surface area contributed by atoms with Crippen molar-refractivity contribution in [3.63, 3.8) is 0 Å². The molecule has 0 aliphatic carbocycles. The molecule has 0 saturated heterocycles. The Morgan fingerprint density at radius 2 is 2.06 bits per heavy atom. The number of alkyl carbamates (subject to hydrolysis) is 1. The lowest BCUT2D eigenvalue weighted by Crippen LogP contribution is -2.35. The van der Waals surface area contributed by atoms with E-state index >= 15 is 0 Å². The molecule has 5 heteroatoms. The van der Waals surface area contributed by atoms with E-state index in [1.54, 1.807) is 37.6 Å². The van der Waals surface area contributed by atoms with E-state index in [4.69, 9.17) is 4.74 Å². The Labute approximate surface area is 107 Å². The minimum atomic E-state index is -0.510. The molecular weight excluding hydrogens is 232 g/mol. The molecule has 1 rings (SSSR count). The van der Waals surface area contributed by atoms with Crippen molar-refractivity contribution in [2.24, 2.45) is 0 Å². The van der Waals surface area contributed by atoms with Crippen LogP contribution >= 0.6 is 0 Å². The van der Waals surface area contributed by atoms with Gasteiger partial charge >= 0.3 is 6.09 Å². The highest BCUT2D eigenvalue weighted by Gasteiger charge is 2.15. The summed E-state index contributed by atoms with van der Waals surface area (Å²) in [7, 11) is 0. The highest BCUT2D eigenvalue weighted by Crippen LogP contribution is 2.06. The number of rotatable bonds is 3. The van der Waals surface area contributed by atoms with Crippen molar-refractivity contribution in [1.29, 1.82) is 0 Å². The lowest BCUT2D eigenvalue weighted by molar-refractivity contribution is 0.0526. The summed E-state index contributed by atoms with van der Waals surface area (Å²) in [5.74, 6) is 0. The second-order valence-corrected chi connectivity index (χ2v) is 5.17. The van der Waals surface area contributed by atoms with E-state index in [9.17, 15) is 9.59 Å². The molecule has 0 fully saturated rings. The number of aromatic nitrogens is 1. The molecule has 5 nitrogen and oxygen atoms in total. The molecule has 18 heavy (non-hydrogen) atoms. The number of hydrogen-bond acceptors (Lipinski definition) is 3. The van der Waals surface area contributed by atoms with Gasteiger partial charge in [-0.2, -0.15) is 0 Å². The summed E-state index contributed by atoms with van der Waals surface area (Å²) in [4.78, 5) is 22.9. The summed E-state index contributed by atoms with van der Waals surface area (Å²) in [6.45, 7) is 8.11. The molecule has 100 valence electrons. The summed E-state index contributed by atoms with van der Waals surface area (Å²) >= 11 is 0. The standard InChI is InChI=1S/C13H20N2O3/c1-10-5-6-11(16)15(9-10)8-7-14-12(17)18-13(2,3)4/h5-6,9H,7-8H2,1-4H3,(H,14,17). The maximum absolute atomic E-state index is 11.5. The van der Waals surface area contributed by atoms with E-state index in [1.807, 2.05) is 6.92 Å². The van der Waals surface area contributed by atoms with Gasteiger partial charge < -0.3 is 14.6 Å². The molecule has 0 atom stereocenters. The zero-order valence-corrected chi connectivity index (χ0v) is 11.3. The molecule has 0 aliphatic heterocycles. The molecule has 0 bridgehead atoms. The maximum Gasteiger partial charge on any atom is 0.407 e. The first-order valence-corrected chi connectivity index (χ1v) is 5.92. The third kappa shape index (κ3) is 5.03. The Morgan fingerprint density at radius 1 is 1.39 bits per heavy atom. The van der Waals surface area contributed by atoms with Crippen molar-refractivity contribution < 1.29 is 9.53 Å². The molecule has 1 aromatic heterocycles. The van der Waals surface area contributed by atoms with Crippen molar-refractivity contribution in [2.45, 2.75) is 39.8 Å². The van der Waals surface area contributed by atoms with Gasteiger partial charge in [0.2, 0.25) is 0 Å². The van der Waals surface area contributed by atoms with Crippen LogP contribution in [0.1, 0.15) is 26.3 Å². The van der Waals surface area contributed by atoms with Crippen molar-refractivity contribution in [1.82, 2.24) is 9.88 Å². The number of pyridine rings is 1. The van der Waals surface area contributed by atoms with Crippen molar-refractivity contribution in [2.75, 3.05) is 6.54 Å². The van der Waals surface area contributed by atoms with Gasteiger partial charge in [-0.05, 0) is 33.3 Å². The Kier molecular flexibility index (Phi) is 4.53. The number of hydrogen-bond donors (Lipinski definition) is 1. The van der Waals surface area contributed by atoms with Gasteiger partial charge in [0.05, 0.1) is 0 Å². The fourth-order valence-corrected chi connectivity index (χ4v) is 1.42. The second kappa shape index (κ2) is 5.71. The smallest absolute Gasteiger partial charge is 0.407 e. The third-order valence-corrected chi connectivity index (χ3v) is 2.15. The molecule has 0 radical (unpaired) electrons. The van der Waals surface area contributed by atoms with E-state index in [1.165, 1.54) is 6.07 Å². The first kappa shape index (κ1) is 14.3. The van der Waals surface area contributed by atoms with Crippen LogP contribution < -0.4 is 10.9 Å². The van der Waals surface area contributed by atoms with Gasteiger partial charge in [0.25, 0.3) is 5.56 Å². The Morgan fingerprint density at radius 3 is 2.67 bits per heavy atom. The Bertz CT molecular complexity index is 472. The number of carbonyl (C=O) groups excluding carboxylic acids is 1. The topological polar surface area (TPSA) is 60.3 Å². The fourth-order valence-electron chi connectivity index (χ4n) is 1.42. The first-order valence-electron chi connectivity index (χ1n) is 5.92. The summed E-state index contributed by atoms with van der Waals surface area (Å²) in [5, 5.41) is 2.61. The number of carbonyl (C=O) groups is 1. The Hall–Kier alpha value is -1.78. The van der Waals surface area contributed by atoms with Crippen LogP contribution in [0.2, 0.25) is 0 Å². The third-order valence-electron chi connectivity index (χ3n) is 2.15. The van der Waals surface area contributed by atoms with Crippen LogP contribution in [0.25, 0.3) is 0 Å². The van der Waals surface area contributed by atoms with E-state index < -0.39 is 11.7 Å². The minimum Gasteiger partial charge on any atom is -0.444 e. The fraction of sp³-hybridized carbons (Fsp3) is 0.538. The molecule has 0 spiro atoms. The molecular formula is C13H20N2O3. The lowest BCUT2D eigenvalue weighted by Gasteiger charge is -2.19. The van der Waals surface area contributed by atoms with Crippen LogP contribution in [0, 0.1) is 6.92 Å². The van der Waals surface area contributed by atoms with Gasteiger partial charge in [-0.1, -0.05) is 6.07 Å². The SMILES string of the molecule is Cc1ccc(=O)n(CCNC(=O)OC(C)(C)C)c1. The Balaban J connectivity index is 2.45. The molecule has 0 aliphatic rings. The molecule has 1 aromatic rings. The number of amides is 1. The van der Waals surface area contributed by atoms with Crippen LogP contribution in [-0.2, 0) is 11.3 Å². The summed E-state index contributed by atoms with van der Waals surface area (Å²) in [6, 6.07) is 3.28. The predicted octanol–water partition coefficient (Wildman–Crippen LogP) is 1.68. The van der Waals surface area contributed by atoms with Crippen molar-refractivity contribution in [3.05, 3.63) is 34.2 Å². The molecule has 1 heterocycles. The molecule has 1 amide bonds. The maximum atomic E-state index is 11.5. The average molecular weight is 252 g/mol. The first-order chi connectivity index (χ1) is 8.28. The normalized spacial score (nSPS) is 11.1. The van der Waals surface area contributed by atoms with Crippen molar-refractivity contribution in [3.8, 4) is 0 Å². The van der Waals surface area contributed by atoms with Crippen LogP contribution in [0.4, 0.5) is 4.79 Å². The van der Waals surface area contributed by atoms with Crippen LogP contribution in [0.15, 0.2) is 23.1 Å². The monoisotopic (exact) mass is 252 g/mol. The minimum absolute atomic E-state index is 0.0772. The van der Waals surface area contributed by atoms with Gasteiger partial charge in [0, 0.05) is 25.4 Å². The van der Waals surface area contributed by atoms with E-state index in [0.29, 0.717) is 13.1 Å². The zero-order valence-electron chi connectivity index (χ0n) is 11.3. The van der Waals surface area contributed by atoms with E-state index in [0.717, 1.165) is 5.56 Å². The molecule has 0 saturated carbocycles. The number of aryl methyl sites for hydroxylation is 1. The van der Waals surface area contributed by atoms with Gasteiger partial charge in [-0.3, -0.25) is 4.79 Å². The van der Waals surface area contributed by atoms with Crippen LogP contribution in [0.3, 0.4) is 0 Å². The van der Waals surface area contributed by atoms with E-state index in [-0.39, 0.29) is 5.56 Å². The number of ether oxygens (including phenoxy) is 1. The van der Waals surface area contributed by atoms with Crippen LogP contribution in [-0.4, -0.2) is 22.8 Å². The highest BCUT2D eigenvalue weighted by molar-refractivity contribution is 5.67. The number of nitrogens with one attached hydrogen (secondary N) is 1. The van der Waals surface area contributed by atoms with Gasteiger partial charge in [0.15, 0.2) is 0 Å². The van der Waals surface area contributed by atoms with Crippen molar-refractivity contribution >= 4 is 6.09 Å². The average Bonchev–Trinajstić information content (AvgIpc) is 2.20. The molecule has 1 N–H and O–H groups in total. The van der Waals surface area contributed by atoms with Gasteiger partial charge in [-0.25, -0.2) is 4.79 Å². The van der Waals surface area contributed by atoms with Gasteiger partial charge in [0.1, 0.15) is 5.60 Å². The largest absolute Gasteiger partial charge is 0.444 e. The lowest BCUT2D eigenvalue weighted by atomic mass is 10.2. The summed E-state index contributed by atoms with van der Waals surface area (Å²) in [6.07, 6.45) is 1.29. The second-order valence-electron chi connectivity index (χ2n) is 5.17. The van der Waals surface area contributed by atoms with Crippen LogP contribution in [0.5, 0.6) is 0 Å². The van der Waals surface area contributed by atoms with Gasteiger partial charge in [-0.15, -0.1) is 0 Å². The molecule has 0 unspecified atom stereocenters. The summed E-state index contributed by atoms with van der Waals surface area (Å²) < 4.78 is 6.65. The summed E-state index contributed by atoms with van der Waals surface area (Å²) in [5.41, 5.74) is 0.419. The predicted molar refractivity (Wildman–Crippen MR) is 69.7 cm³/mol. The highest BCUT2D eigenvalue weighted by atomic mass is 16.6. The quantitative estimate of drug-likeness (QED) is 0.890. The number of nitrogens with zero attached hydrogens (tertiary/aromatic N) is 1. The van der Waals surface area contributed by atoms with E-state index in [2.05, 4.69) is 5.32 Å². The molecule has 0 aromatic carbocycles. The zero-order chi connectivity index (χ0) is 13.8.